The van der Waals surface area contributed by atoms with E-state index in [-0.39, 0.29) is 69.5 Å². The summed E-state index contributed by atoms with van der Waals surface area (Å²) in [6, 6.07) is 16.6. The number of aliphatic imine (C=N–C) groups is 1. The summed E-state index contributed by atoms with van der Waals surface area (Å²) in [5.41, 5.74) is 2.43. The van der Waals surface area contributed by atoms with Crippen molar-refractivity contribution < 1.29 is 33.3 Å². The number of hydrogen-bond acceptors (Lipinski definition) is 8. The van der Waals surface area contributed by atoms with Crippen LogP contribution in [0.4, 0.5) is 11.4 Å². The second-order valence-corrected chi connectivity index (χ2v) is 16.6. The Kier molecular flexibility index (Phi) is 7.82. The van der Waals surface area contributed by atoms with Crippen molar-refractivity contribution in [3.8, 4) is 23.0 Å². The van der Waals surface area contributed by atoms with Crippen molar-refractivity contribution in [1.82, 2.24) is 0 Å². The minimum atomic E-state index is -0.595. The molecular weight excluding hydrogens is 824 g/mol. The average molecular weight is 852 g/mol. The second kappa shape index (κ2) is 12.7. The van der Waals surface area contributed by atoms with Crippen molar-refractivity contribution in [1.29, 1.82) is 0 Å². The molecular formula is C44H27Cl4N3O7. The summed E-state index contributed by atoms with van der Waals surface area (Å²) in [6.45, 7) is 7.34. The molecule has 0 fully saturated rings. The summed E-state index contributed by atoms with van der Waals surface area (Å²) in [5.74, 6) is 0.730. The number of fused-ring (bicyclic) bond motifs is 4. The molecule has 2 unspecified atom stereocenters. The number of benzene rings is 7. The van der Waals surface area contributed by atoms with E-state index in [0.717, 1.165) is 10.5 Å². The highest BCUT2D eigenvalue weighted by Gasteiger charge is 2.39. The van der Waals surface area contributed by atoms with Gasteiger partial charge in [-0.05, 0) is 60.8 Å². The Labute approximate surface area is 349 Å². The van der Waals surface area contributed by atoms with Gasteiger partial charge >= 0.3 is 0 Å². The van der Waals surface area contributed by atoms with Crippen molar-refractivity contribution in [2.24, 2.45) is 10.9 Å². The van der Waals surface area contributed by atoms with Crippen LogP contribution in [0.1, 0.15) is 43.6 Å². The summed E-state index contributed by atoms with van der Waals surface area (Å²) in [5, 5.41) is 5.14. The summed E-state index contributed by atoms with van der Waals surface area (Å²) in [7, 11) is 0. The number of nitrogens with zero attached hydrogens (tertiary/aromatic N) is 3. The van der Waals surface area contributed by atoms with Crippen LogP contribution in [0.15, 0.2) is 65.7 Å². The van der Waals surface area contributed by atoms with E-state index >= 15 is 0 Å². The molecule has 4 aliphatic rings. The highest BCUT2D eigenvalue weighted by atomic mass is 35.5. The van der Waals surface area contributed by atoms with Gasteiger partial charge in [-0.2, -0.15) is 0 Å². The van der Waals surface area contributed by atoms with Gasteiger partial charge < -0.3 is 23.8 Å². The van der Waals surface area contributed by atoms with Crippen LogP contribution in [0, 0.1) is 5.92 Å². The van der Waals surface area contributed by atoms with Crippen LogP contribution >= 0.6 is 46.4 Å². The number of amides is 3. The molecule has 288 valence electrons. The van der Waals surface area contributed by atoms with Crippen LogP contribution in [0.5, 0.6) is 23.0 Å². The van der Waals surface area contributed by atoms with Crippen LogP contribution in [0.2, 0.25) is 20.1 Å². The molecule has 0 N–H and O–H groups in total. The van der Waals surface area contributed by atoms with Gasteiger partial charge in [0, 0.05) is 92.5 Å². The van der Waals surface area contributed by atoms with Crippen LogP contribution < -0.4 is 28.7 Å². The number of rotatable bonds is 3. The average Bonchev–Trinajstić information content (AvgIpc) is 3.54. The normalized spacial score (nSPS) is 18.7. The fourth-order valence-electron chi connectivity index (χ4n) is 8.80. The maximum absolute atomic E-state index is 14.5. The number of carbonyl (C=O) groups excluding carboxylic acids is 3. The molecule has 7 aromatic rings. The Hall–Kier alpha value is -5.52. The molecule has 0 radical (unpaired) electrons. The Morgan fingerprint density at radius 1 is 0.552 bits per heavy atom. The third-order valence-electron chi connectivity index (χ3n) is 11.5. The van der Waals surface area contributed by atoms with E-state index in [0.29, 0.717) is 95.6 Å². The Bertz CT molecular complexity index is 3000. The molecule has 4 aliphatic heterocycles. The Morgan fingerprint density at radius 2 is 1.02 bits per heavy atom. The van der Waals surface area contributed by atoms with Crippen LogP contribution in [0.25, 0.3) is 43.1 Å². The molecule has 0 spiro atoms. The fraction of sp³-hybridized carbons (Fsp3) is 0.182. The van der Waals surface area contributed by atoms with E-state index < -0.39 is 11.8 Å². The largest absolute Gasteiger partial charge is 0.489 e. The Morgan fingerprint density at radius 3 is 1.60 bits per heavy atom. The first-order chi connectivity index (χ1) is 28.0. The lowest BCUT2D eigenvalue weighted by Crippen LogP contribution is -2.40. The Balaban J connectivity index is 1.10. The molecule has 0 saturated heterocycles. The summed E-state index contributed by atoms with van der Waals surface area (Å²) >= 11 is 28.9. The molecule has 58 heavy (non-hydrogen) atoms. The van der Waals surface area contributed by atoms with Gasteiger partial charge in [-0.3, -0.25) is 19.4 Å². The van der Waals surface area contributed by atoms with E-state index in [2.05, 4.69) is 11.7 Å². The van der Waals surface area contributed by atoms with E-state index in [1.54, 1.807) is 41.3 Å². The molecule has 0 aliphatic carbocycles. The van der Waals surface area contributed by atoms with E-state index in [4.69, 9.17) is 65.4 Å². The summed E-state index contributed by atoms with van der Waals surface area (Å²) in [6.07, 6.45) is 0. The minimum absolute atomic E-state index is 0.191. The first-order valence-corrected chi connectivity index (χ1v) is 20.0. The first kappa shape index (κ1) is 35.6. The van der Waals surface area contributed by atoms with Gasteiger partial charge in [-0.1, -0.05) is 53.3 Å². The third-order valence-corrected chi connectivity index (χ3v) is 12.7. The van der Waals surface area contributed by atoms with Crippen molar-refractivity contribution in [2.45, 2.75) is 19.5 Å². The molecule has 2 atom stereocenters. The lowest BCUT2D eigenvalue weighted by atomic mass is 9.82. The zero-order valence-corrected chi connectivity index (χ0v) is 33.4. The highest BCUT2D eigenvalue weighted by Crippen LogP contribution is 2.54. The molecule has 14 heteroatoms. The standard InChI is InChI=1S/C44H27Cl4N3O7/c1-18-14-55-30-5-3-21(8-32(30)56-15-18)50-13-19-7-26(45)36-38-28(47)11-24-35-25(12-29(48)39(41(35)38)37-27(46)10-23(42(50)52)34(19)40(36)37)44(54)51(43(24)53)22-4-6-31-33(9-22)58-17-20(49-2)16-57-31/h3-12,18,20H,2,13-17H2,1H3. The molecule has 0 bridgehead atoms. The van der Waals surface area contributed by atoms with Crippen molar-refractivity contribution >= 4 is 125 Å². The molecule has 0 saturated carbocycles. The van der Waals surface area contributed by atoms with Crippen LogP contribution in [-0.2, 0) is 6.54 Å². The smallest absolute Gasteiger partial charge is 0.266 e. The van der Waals surface area contributed by atoms with Crippen molar-refractivity contribution in [3.05, 3.63) is 103 Å². The maximum atomic E-state index is 14.5. The monoisotopic (exact) mass is 849 g/mol. The third kappa shape index (κ3) is 4.92. The lowest BCUT2D eigenvalue weighted by molar-refractivity contribution is 0.0892. The van der Waals surface area contributed by atoms with Gasteiger partial charge in [-0.25, -0.2) is 4.90 Å². The summed E-state index contributed by atoms with van der Waals surface area (Å²) < 4.78 is 23.8. The minimum Gasteiger partial charge on any atom is -0.489 e. The maximum Gasteiger partial charge on any atom is 0.266 e. The van der Waals surface area contributed by atoms with Crippen LogP contribution in [-0.4, -0.2) is 56.9 Å². The lowest BCUT2D eigenvalue weighted by Gasteiger charge is -2.32. The summed E-state index contributed by atoms with van der Waals surface area (Å²) in [4.78, 5) is 50.3. The molecule has 0 aromatic heterocycles. The van der Waals surface area contributed by atoms with Gasteiger partial charge in [0.1, 0.15) is 19.3 Å². The predicted octanol–water partition coefficient (Wildman–Crippen LogP) is 10.6. The fourth-order valence-corrected chi connectivity index (χ4v) is 10.0. The SMILES string of the molecule is C=NC1COc2ccc(N3C(=O)c4cc(Cl)c5c6c(Cl)cc7c8c(cc(Cl)c(c9c(Cl)cc(c4c59)C3=O)c86)C(=O)N(c3ccc4c(c3)OCC(C)CO4)C7)cc2OC1. The first-order valence-electron chi connectivity index (χ1n) is 18.4. The molecule has 3 amide bonds. The predicted molar refractivity (Wildman–Crippen MR) is 227 cm³/mol. The number of carbonyl (C=O) groups is 3. The van der Waals surface area contributed by atoms with E-state index in [1.165, 1.54) is 0 Å². The van der Waals surface area contributed by atoms with Crippen molar-refractivity contribution in [2.75, 3.05) is 36.2 Å². The molecule has 10 nitrogen and oxygen atoms in total. The zero-order chi connectivity index (χ0) is 39.9. The number of hydrogen-bond donors (Lipinski definition) is 0. The van der Waals surface area contributed by atoms with E-state index in [1.807, 2.05) is 31.2 Å². The molecule has 7 aromatic carbocycles. The second-order valence-electron chi connectivity index (χ2n) is 15.0. The zero-order valence-electron chi connectivity index (χ0n) is 30.4. The van der Waals surface area contributed by atoms with Crippen molar-refractivity contribution in [3.63, 3.8) is 0 Å². The number of ether oxygens (including phenoxy) is 4. The number of halogens is 4. The highest BCUT2D eigenvalue weighted by molar-refractivity contribution is 6.56. The van der Waals surface area contributed by atoms with Gasteiger partial charge in [0.25, 0.3) is 17.7 Å². The van der Waals surface area contributed by atoms with Gasteiger partial charge in [0.2, 0.25) is 0 Å². The van der Waals surface area contributed by atoms with Crippen LogP contribution in [0.3, 0.4) is 0 Å². The van der Waals surface area contributed by atoms with E-state index in [9.17, 15) is 14.4 Å². The number of anilines is 2. The topological polar surface area (TPSA) is 107 Å². The molecule has 4 heterocycles. The molecule has 11 rings (SSSR count). The quantitative estimate of drug-likeness (QED) is 0.0754. The van der Waals surface area contributed by atoms with Gasteiger partial charge in [0.15, 0.2) is 23.0 Å². The van der Waals surface area contributed by atoms with Gasteiger partial charge in [0.05, 0.1) is 36.6 Å². The van der Waals surface area contributed by atoms with Gasteiger partial charge in [-0.15, -0.1) is 0 Å². The number of imide groups is 1.